The summed E-state index contributed by atoms with van der Waals surface area (Å²) in [4.78, 5) is 26.8. The molecule has 0 aliphatic carbocycles. The molecule has 7 heteroatoms. The topological polar surface area (TPSA) is 98.3 Å². The van der Waals surface area contributed by atoms with E-state index in [2.05, 4.69) is 10.3 Å². The lowest BCUT2D eigenvalue weighted by molar-refractivity contribution is -0.385. The maximum absolute atomic E-state index is 12.1. The number of fused-ring (bicyclic) bond motifs is 1. The normalized spacial score (nSPS) is 10.7. The number of oxazole rings is 1. The van der Waals surface area contributed by atoms with Gasteiger partial charge in [0, 0.05) is 24.2 Å². The van der Waals surface area contributed by atoms with Gasteiger partial charge in [-0.25, -0.2) is 4.98 Å². The van der Waals surface area contributed by atoms with E-state index in [0.29, 0.717) is 28.2 Å². The molecule has 2 aromatic carbocycles. The van der Waals surface area contributed by atoms with Crippen molar-refractivity contribution in [2.24, 2.45) is 0 Å². The molecule has 0 radical (unpaired) electrons. The molecule has 23 heavy (non-hydrogen) atoms. The summed E-state index contributed by atoms with van der Waals surface area (Å²) in [6.07, 6.45) is -0.0764. The number of anilines is 1. The highest BCUT2D eigenvalue weighted by Crippen LogP contribution is 2.21. The minimum Gasteiger partial charge on any atom is -0.441 e. The van der Waals surface area contributed by atoms with Gasteiger partial charge in [0.05, 0.1) is 11.3 Å². The molecule has 1 N–H and O–H groups in total. The van der Waals surface area contributed by atoms with Gasteiger partial charge in [-0.1, -0.05) is 18.2 Å². The first kappa shape index (κ1) is 14.7. The smallest absolute Gasteiger partial charge is 0.273 e. The van der Waals surface area contributed by atoms with Gasteiger partial charge in [-0.05, 0) is 18.2 Å². The van der Waals surface area contributed by atoms with Crippen molar-refractivity contribution >= 4 is 28.4 Å². The van der Waals surface area contributed by atoms with Crippen molar-refractivity contribution < 1.29 is 14.1 Å². The molecule has 0 fully saturated rings. The molecule has 0 saturated carbocycles. The number of nitro benzene ring substituents is 1. The largest absolute Gasteiger partial charge is 0.441 e. The van der Waals surface area contributed by atoms with E-state index in [1.807, 2.05) is 0 Å². The Hall–Kier alpha value is -3.22. The van der Waals surface area contributed by atoms with Crippen LogP contribution in [0.5, 0.6) is 0 Å². The number of carbonyl (C=O) groups excluding carboxylic acids is 1. The van der Waals surface area contributed by atoms with Gasteiger partial charge in [0.1, 0.15) is 5.52 Å². The number of amides is 1. The Morgan fingerprint density at radius 1 is 1.30 bits per heavy atom. The van der Waals surface area contributed by atoms with E-state index >= 15 is 0 Å². The van der Waals surface area contributed by atoms with E-state index in [1.165, 1.54) is 6.07 Å². The maximum atomic E-state index is 12.1. The Morgan fingerprint density at radius 3 is 2.87 bits per heavy atom. The summed E-state index contributed by atoms with van der Waals surface area (Å²) in [6, 6.07) is 11.3. The Bertz CT molecular complexity index is 901. The molecule has 0 saturated heterocycles. The third kappa shape index (κ3) is 3.18. The summed E-state index contributed by atoms with van der Waals surface area (Å²) in [6.45, 7) is 1.74. The summed E-state index contributed by atoms with van der Waals surface area (Å²) in [7, 11) is 0. The van der Waals surface area contributed by atoms with E-state index in [1.54, 1.807) is 43.3 Å². The maximum Gasteiger partial charge on any atom is 0.273 e. The molecule has 1 amide bonds. The van der Waals surface area contributed by atoms with Crippen LogP contribution in [0.3, 0.4) is 0 Å². The monoisotopic (exact) mass is 311 g/mol. The van der Waals surface area contributed by atoms with Crippen LogP contribution < -0.4 is 5.32 Å². The number of rotatable bonds is 4. The quantitative estimate of drug-likeness (QED) is 0.589. The van der Waals surface area contributed by atoms with E-state index in [-0.39, 0.29) is 18.0 Å². The van der Waals surface area contributed by atoms with Crippen molar-refractivity contribution in [3.8, 4) is 0 Å². The molecule has 116 valence electrons. The summed E-state index contributed by atoms with van der Waals surface area (Å²) >= 11 is 0. The van der Waals surface area contributed by atoms with Gasteiger partial charge in [-0.3, -0.25) is 14.9 Å². The highest BCUT2D eigenvalue weighted by atomic mass is 16.6. The van der Waals surface area contributed by atoms with Gasteiger partial charge in [0.2, 0.25) is 5.91 Å². The second kappa shape index (κ2) is 5.88. The lowest BCUT2D eigenvalue weighted by Gasteiger charge is -2.05. The summed E-state index contributed by atoms with van der Waals surface area (Å²) in [5.74, 6) is 0.210. The Balaban J connectivity index is 1.77. The predicted octanol–water partition coefficient (Wildman–Crippen LogP) is 3.23. The second-order valence-electron chi connectivity index (χ2n) is 5.03. The summed E-state index contributed by atoms with van der Waals surface area (Å²) in [5.41, 5.74) is 2.15. The van der Waals surface area contributed by atoms with Crippen LogP contribution in [0.2, 0.25) is 0 Å². The van der Waals surface area contributed by atoms with Crippen molar-refractivity contribution in [2.45, 2.75) is 13.3 Å². The summed E-state index contributed by atoms with van der Waals surface area (Å²) < 4.78 is 5.37. The van der Waals surface area contributed by atoms with E-state index in [9.17, 15) is 14.9 Å². The molecule has 1 heterocycles. The van der Waals surface area contributed by atoms with Gasteiger partial charge < -0.3 is 9.73 Å². The predicted molar refractivity (Wildman–Crippen MR) is 84.2 cm³/mol. The Labute approximate surface area is 131 Å². The van der Waals surface area contributed by atoms with Crippen molar-refractivity contribution in [1.82, 2.24) is 4.98 Å². The van der Waals surface area contributed by atoms with Gasteiger partial charge in [0.15, 0.2) is 11.5 Å². The average molecular weight is 311 g/mol. The molecule has 0 aliphatic heterocycles. The summed E-state index contributed by atoms with van der Waals surface area (Å²) in [5, 5.41) is 13.7. The van der Waals surface area contributed by atoms with Gasteiger partial charge in [-0.15, -0.1) is 0 Å². The number of nitrogens with one attached hydrogen (secondary N) is 1. The molecule has 3 rings (SSSR count). The lowest BCUT2D eigenvalue weighted by Crippen LogP contribution is -2.15. The van der Waals surface area contributed by atoms with E-state index < -0.39 is 4.92 Å². The number of nitrogens with zero attached hydrogens (tertiary/aromatic N) is 2. The third-order valence-corrected chi connectivity index (χ3v) is 3.32. The molecular weight excluding hydrogens is 298 g/mol. The van der Waals surface area contributed by atoms with E-state index in [0.717, 1.165) is 0 Å². The van der Waals surface area contributed by atoms with Crippen molar-refractivity contribution in [3.63, 3.8) is 0 Å². The average Bonchev–Trinajstić information content (AvgIpc) is 2.86. The molecule has 0 atom stereocenters. The first-order valence-corrected chi connectivity index (χ1v) is 6.92. The lowest BCUT2D eigenvalue weighted by atomic mass is 10.1. The van der Waals surface area contributed by atoms with Crippen LogP contribution in [-0.2, 0) is 11.2 Å². The number of benzene rings is 2. The molecule has 0 unspecified atom stereocenters. The van der Waals surface area contributed by atoms with Crippen LogP contribution in [0, 0.1) is 17.0 Å². The fourth-order valence-corrected chi connectivity index (χ4v) is 2.34. The standard InChI is InChI=1S/C16H13N3O4/c1-10-17-13-9-12(6-7-15(13)23-10)18-16(20)8-11-4-2-3-5-14(11)19(21)22/h2-7,9H,8H2,1H3,(H,18,20). The zero-order valence-electron chi connectivity index (χ0n) is 12.3. The zero-order valence-corrected chi connectivity index (χ0v) is 12.3. The molecule has 0 aliphatic rings. The van der Waals surface area contributed by atoms with Crippen molar-refractivity contribution in [3.05, 3.63) is 64.0 Å². The fourth-order valence-electron chi connectivity index (χ4n) is 2.34. The Kier molecular flexibility index (Phi) is 3.76. The van der Waals surface area contributed by atoms with Crippen LogP contribution in [0.1, 0.15) is 11.5 Å². The highest BCUT2D eigenvalue weighted by molar-refractivity contribution is 5.94. The molecular formula is C16H13N3O4. The number of nitro groups is 1. The van der Waals surface area contributed by atoms with Gasteiger partial charge in [-0.2, -0.15) is 0 Å². The van der Waals surface area contributed by atoms with Crippen LogP contribution in [-0.4, -0.2) is 15.8 Å². The molecule has 1 aromatic heterocycles. The molecule has 0 spiro atoms. The van der Waals surface area contributed by atoms with E-state index in [4.69, 9.17) is 4.42 Å². The highest BCUT2D eigenvalue weighted by Gasteiger charge is 2.15. The fraction of sp³-hybridized carbons (Fsp3) is 0.125. The number of hydrogen-bond acceptors (Lipinski definition) is 5. The number of hydrogen-bond donors (Lipinski definition) is 1. The first-order chi connectivity index (χ1) is 11.0. The minimum atomic E-state index is -0.493. The Morgan fingerprint density at radius 2 is 2.09 bits per heavy atom. The molecule has 7 nitrogen and oxygen atoms in total. The van der Waals surface area contributed by atoms with Crippen LogP contribution in [0.15, 0.2) is 46.9 Å². The van der Waals surface area contributed by atoms with Crippen molar-refractivity contribution in [2.75, 3.05) is 5.32 Å². The molecule has 0 bridgehead atoms. The third-order valence-electron chi connectivity index (χ3n) is 3.32. The van der Waals surface area contributed by atoms with Crippen molar-refractivity contribution in [1.29, 1.82) is 0 Å². The number of carbonyl (C=O) groups is 1. The van der Waals surface area contributed by atoms with Crippen LogP contribution in [0.4, 0.5) is 11.4 Å². The molecule has 3 aromatic rings. The number of aromatic nitrogens is 1. The first-order valence-electron chi connectivity index (χ1n) is 6.92. The second-order valence-corrected chi connectivity index (χ2v) is 5.03. The number of aryl methyl sites for hydroxylation is 1. The minimum absolute atomic E-state index is 0.0646. The number of para-hydroxylation sites is 1. The zero-order chi connectivity index (χ0) is 16.4. The van der Waals surface area contributed by atoms with Gasteiger partial charge in [0.25, 0.3) is 5.69 Å². The van der Waals surface area contributed by atoms with Crippen LogP contribution in [0.25, 0.3) is 11.1 Å². The van der Waals surface area contributed by atoms with Gasteiger partial charge >= 0.3 is 0 Å². The van der Waals surface area contributed by atoms with Crippen LogP contribution >= 0.6 is 0 Å². The SMILES string of the molecule is Cc1nc2cc(NC(=O)Cc3ccccc3[N+](=O)[O-])ccc2o1.